The molecule has 0 radical (unpaired) electrons. The van der Waals surface area contributed by atoms with E-state index in [-0.39, 0.29) is 11.6 Å². The first-order valence-electron chi connectivity index (χ1n) is 3.73. The number of carbonyl (C=O) groups excluding carboxylic acids is 2. The maximum atomic E-state index is 11.1. The first-order valence-corrected chi connectivity index (χ1v) is 5.40. The molecule has 14 heavy (non-hydrogen) atoms. The van der Waals surface area contributed by atoms with Gasteiger partial charge < -0.3 is 5.32 Å². The van der Waals surface area contributed by atoms with Gasteiger partial charge in [-0.05, 0) is 28.1 Å². The van der Waals surface area contributed by atoms with Gasteiger partial charge in [-0.3, -0.25) is 10.1 Å². The summed E-state index contributed by atoms with van der Waals surface area (Å²) in [5.41, 5.74) is 0.282. The molecule has 1 aromatic rings. The topological polar surface area (TPSA) is 58.2 Å². The number of rotatable bonds is 1. The second-order valence-corrected chi connectivity index (χ2v) is 4.49. The van der Waals surface area contributed by atoms with Gasteiger partial charge in [-0.15, -0.1) is 11.3 Å². The molecule has 0 aliphatic carbocycles. The molecule has 0 unspecified atom stereocenters. The molecule has 0 bridgehead atoms. The van der Waals surface area contributed by atoms with Crippen LogP contribution in [0.5, 0.6) is 0 Å². The van der Waals surface area contributed by atoms with Crippen LogP contribution in [0.4, 0.5) is 4.79 Å². The Balaban J connectivity index is 2.27. The van der Waals surface area contributed by atoms with Gasteiger partial charge in [0.15, 0.2) is 0 Å². The van der Waals surface area contributed by atoms with Crippen molar-refractivity contribution in [1.29, 1.82) is 0 Å². The number of nitrogens with one attached hydrogen (secondary N) is 2. The molecule has 0 spiro atoms. The fraction of sp³-hybridized carbons (Fsp3) is 0. The number of imide groups is 1. The van der Waals surface area contributed by atoms with E-state index < -0.39 is 6.03 Å². The lowest BCUT2D eigenvalue weighted by atomic mass is 10.3. The Morgan fingerprint density at radius 3 is 2.64 bits per heavy atom. The molecule has 4 nitrogen and oxygen atoms in total. The van der Waals surface area contributed by atoms with E-state index in [1.165, 1.54) is 11.3 Å². The zero-order valence-electron chi connectivity index (χ0n) is 6.83. The SMILES string of the molecule is O=C1NC(=O)/C(=C\c2cc(Br)cs2)N1. The standard InChI is InChI=1S/C8H5BrN2O2S/c9-4-1-5(14-3-4)2-6-7(12)11-8(13)10-6/h1-3H,(H2,10,11,12,13)/b6-2+. The van der Waals surface area contributed by atoms with E-state index in [2.05, 4.69) is 26.6 Å². The molecular weight excluding hydrogens is 268 g/mol. The monoisotopic (exact) mass is 272 g/mol. The molecule has 0 aromatic carbocycles. The van der Waals surface area contributed by atoms with Crippen molar-refractivity contribution in [1.82, 2.24) is 10.6 Å². The summed E-state index contributed by atoms with van der Waals surface area (Å²) in [6, 6.07) is 1.40. The predicted molar refractivity (Wildman–Crippen MR) is 56.7 cm³/mol. The Bertz CT molecular complexity index is 438. The minimum atomic E-state index is -0.475. The minimum absolute atomic E-state index is 0.282. The van der Waals surface area contributed by atoms with Crippen molar-refractivity contribution in [2.24, 2.45) is 0 Å². The maximum Gasteiger partial charge on any atom is 0.326 e. The molecule has 6 heteroatoms. The van der Waals surface area contributed by atoms with Crippen molar-refractivity contribution in [3.05, 3.63) is 26.5 Å². The Labute approximate surface area is 92.1 Å². The third kappa shape index (κ3) is 1.85. The van der Waals surface area contributed by atoms with Crippen molar-refractivity contribution < 1.29 is 9.59 Å². The van der Waals surface area contributed by atoms with Gasteiger partial charge in [0, 0.05) is 14.7 Å². The Hall–Kier alpha value is -1.14. The summed E-state index contributed by atoms with van der Waals surface area (Å²) >= 11 is 4.79. The van der Waals surface area contributed by atoms with Gasteiger partial charge in [-0.25, -0.2) is 4.79 Å². The lowest BCUT2D eigenvalue weighted by Crippen LogP contribution is -2.22. The number of thiophene rings is 1. The van der Waals surface area contributed by atoms with Crippen molar-refractivity contribution in [2.75, 3.05) is 0 Å². The molecule has 2 rings (SSSR count). The van der Waals surface area contributed by atoms with Gasteiger partial charge in [-0.2, -0.15) is 0 Å². The summed E-state index contributed by atoms with van der Waals surface area (Å²) in [5, 5.41) is 6.45. The van der Waals surface area contributed by atoms with Crippen molar-refractivity contribution in [3.8, 4) is 0 Å². The summed E-state index contributed by atoms with van der Waals surface area (Å²) in [5.74, 6) is -0.389. The van der Waals surface area contributed by atoms with E-state index in [0.29, 0.717) is 0 Å². The van der Waals surface area contributed by atoms with Crippen LogP contribution in [0.3, 0.4) is 0 Å². The van der Waals surface area contributed by atoms with E-state index in [9.17, 15) is 9.59 Å². The number of amides is 3. The molecule has 1 fully saturated rings. The van der Waals surface area contributed by atoms with Crippen LogP contribution in [0.25, 0.3) is 6.08 Å². The van der Waals surface area contributed by atoms with Crippen LogP contribution in [0.15, 0.2) is 21.6 Å². The van der Waals surface area contributed by atoms with Gasteiger partial charge in [0.25, 0.3) is 5.91 Å². The van der Waals surface area contributed by atoms with E-state index >= 15 is 0 Å². The molecule has 1 aliphatic rings. The van der Waals surface area contributed by atoms with E-state index in [1.807, 2.05) is 11.4 Å². The van der Waals surface area contributed by atoms with E-state index in [0.717, 1.165) is 9.35 Å². The lowest BCUT2D eigenvalue weighted by Gasteiger charge is -1.90. The highest BCUT2D eigenvalue weighted by atomic mass is 79.9. The minimum Gasteiger partial charge on any atom is -0.303 e. The molecule has 0 saturated carbocycles. The number of hydrogen-bond donors (Lipinski definition) is 2. The molecule has 0 atom stereocenters. The second-order valence-electron chi connectivity index (χ2n) is 2.63. The Morgan fingerprint density at radius 2 is 2.14 bits per heavy atom. The van der Waals surface area contributed by atoms with Crippen molar-refractivity contribution in [3.63, 3.8) is 0 Å². The van der Waals surface area contributed by atoms with Gasteiger partial charge in [-0.1, -0.05) is 0 Å². The van der Waals surface area contributed by atoms with Gasteiger partial charge >= 0.3 is 6.03 Å². The number of hydrogen-bond acceptors (Lipinski definition) is 3. The highest BCUT2D eigenvalue weighted by Gasteiger charge is 2.22. The summed E-state index contributed by atoms with van der Waals surface area (Å²) < 4.78 is 0.957. The largest absolute Gasteiger partial charge is 0.326 e. The first-order chi connectivity index (χ1) is 6.65. The van der Waals surface area contributed by atoms with E-state index in [4.69, 9.17) is 0 Å². The summed E-state index contributed by atoms with van der Waals surface area (Å²) in [7, 11) is 0. The maximum absolute atomic E-state index is 11.1. The normalized spacial score (nSPS) is 18.5. The third-order valence-electron chi connectivity index (χ3n) is 1.59. The zero-order chi connectivity index (χ0) is 10.1. The van der Waals surface area contributed by atoms with Crippen LogP contribution in [-0.4, -0.2) is 11.9 Å². The fourth-order valence-electron chi connectivity index (χ4n) is 1.03. The summed E-state index contributed by atoms with van der Waals surface area (Å²) in [6.07, 6.45) is 1.63. The smallest absolute Gasteiger partial charge is 0.303 e. The van der Waals surface area contributed by atoms with Gasteiger partial charge in [0.1, 0.15) is 5.70 Å². The van der Waals surface area contributed by atoms with Crippen molar-refractivity contribution in [2.45, 2.75) is 0 Å². The molecule has 3 amide bonds. The quantitative estimate of drug-likeness (QED) is 0.604. The molecule has 1 aliphatic heterocycles. The van der Waals surface area contributed by atoms with Crippen LogP contribution in [0.2, 0.25) is 0 Å². The lowest BCUT2D eigenvalue weighted by molar-refractivity contribution is -0.115. The average molecular weight is 273 g/mol. The number of carbonyl (C=O) groups is 2. The highest BCUT2D eigenvalue weighted by molar-refractivity contribution is 9.10. The van der Waals surface area contributed by atoms with Gasteiger partial charge in [0.2, 0.25) is 0 Å². The van der Waals surface area contributed by atoms with Crippen LogP contribution >= 0.6 is 27.3 Å². The molecule has 2 heterocycles. The summed E-state index contributed by atoms with van der Waals surface area (Å²) in [4.78, 5) is 22.8. The zero-order valence-corrected chi connectivity index (χ0v) is 9.24. The number of urea groups is 1. The molecule has 1 aromatic heterocycles. The van der Waals surface area contributed by atoms with Crippen LogP contribution in [0, 0.1) is 0 Å². The molecule has 1 saturated heterocycles. The fourth-order valence-corrected chi connectivity index (χ4v) is 2.40. The molecule has 2 N–H and O–H groups in total. The average Bonchev–Trinajstić information content (AvgIpc) is 2.61. The van der Waals surface area contributed by atoms with E-state index in [1.54, 1.807) is 6.08 Å². The van der Waals surface area contributed by atoms with Gasteiger partial charge in [0.05, 0.1) is 0 Å². The molecular formula is C8H5BrN2O2S. The number of halogens is 1. The summed E-state index contributed by atoms with van der Waals surface area (Å²) in [6.45, 7) is 0. The third-order valence-corrected chi connectivity index (χ3v) is 3.23. The highest BCUT2D eigenvalue weighted by Crippen LogP contribution is 2.22. The Morgan fingerprint density at radius 1 is 1.36 bits per heavy atom. The van der Waals surface area contributed by atoms with Crippen LogP contribution in [-0.2, 0) is 4.79 Å². The second kappa shape index (κ2) is 3.55. The Kier molecular flexibility index (Phi) is 2.39. The predicted octanol–water partition coefficient (Wildman–Crippen LogP) is 1.69. The first kappa shape index (κ1) is 9.42. The van der Waals surface area contributed by atoms with Crippen LogP contribution < -0.4 is 10.6 Å². The van der Waals surface area contributed by atoms with Crippen molar-refractivity contribution >= 4 is 45.3 Å². The molecule has 72 valence electrons. The van der Waals surface area contributed by atoms with Crippen LogP contribution in [0.1, 0.15) is 4.88 Å².